The second-order valence-corrected chi connectivity index (χ2v) is 4.87. The maximum atomic E-state index is 13.6. The van der Waals surface area contributed by atoms with Crippen LogP contribution in [-0.4, -0.2) is 25.0 Å². The molecular weight excluding hydrogens is 292 g/mol. The number of hydrogen-bond acceptors (Lipinski definition) is 3. The summed E-state index contributed by atoms with van der Waals surface area (Å²) in [5, 5.41) is 1.88. The Morgan fingerprint density at radius 2 is 1.85 bits per heavy atom. The Hall–Kier alpha value is -1.69. The van der Waals surface area contributed by atoms with Crippen LogP contribution in [0.4, 0.5) is 8.78 Å². The number of benzene rings is 1. The minimum atomic E-state index is -0.971. The lowest BCUT2D eigenvalue weighted by atomic mass is 10.0. The summed E-state index contributed by atoms with van der Waals surface area (Å²) in [6, 6.07) is 0.432. The van der Waals surface area contributed by atoms with E-state index in [0.717, 1.165) is 0 Å². The van der Waals surface area contributed by atoms with E-state index < -0.39 is 40.1 Å². The highest BCUT2D eigenvalue weighted by molar-refractivity contribution is 6.30. The van der Waals surface area contributed by atoms with E-state index in [9.17, 15) is 18.4 Å². The van der Waals surface area contributed by atoms with Crippen LogP contribution in [0.2, 0.25) is 5.02 Å². The first-order chi connectivity index (χ1) is 9.27. The lowest BCUT2D eigenvalue weighted by Crippen LogP contribution is -2.45. The number of ether oxygens (including phenoxy) is 1. The molecule has 20 heavy (non-hydrogen) atoms. The van der Waals surface area contributed by atoms with Crippen molar-refractivity contribution in [3.8, 4) is 0 Å². The molecular formula is C13H14ClF2NO3. The van der Waals surface area contributed by atoms with Crippen LogP contribution >= 0.6 is 11.6 Å². The predicted octanol–water partition coefficient (Wildman–Crippen LogP) is 2.55. The van der Waals surface area contributed by atoms with Crippen molar-refractivity contribution in [2.24, 2.45) is 5.92 Å². The van der Waals surface area contributed by atoms with Crippen molar-refractivity contribution >= 4 is 23.5 Å². The summed E-state index contributed by atoms with van der Waals surface area (Å²) in [5.41, 5.74) is -0.526. The minimum absolute atomic E-state index is 0.272. The van der Waals surface area contributed by atoms with Crippen LogP contribution in [0.3, 0.4) is 0 Å². The molecule has 0 aliphatic carbocycles. The highest BCUT2D eigenvalue weighted by Gasteiger charge is 2.26. The summed E-state index contributed by atoms with van der Waals surface area (Å²) < 4.78 is 31.4. The zero-order valence-corrected chi connectivity index (χ0v) is 11.9. The second kappa shape index (κ2) is 6.65. The molecule has 0 aliphatic rings. The largest absolute Gasteiger partial charge is 0.467 e. The zero-order chi connectivity index (χ0) is 15.4. The number of halogens is 3. The standard InChI is InChI=1S/C13H14ClF2NO3/c1-6(2)11(13(19)20-3)17-12(18)7-4-10(16)8(14)5-9(7)15/h4-6,11H,1-3H3,(H,17,18). The molecule has 0 saturated heterocycles. The molecule has 1 N–H and O–H groups in total. The number of methoxy groups -OCH3 is 1. The molecule has 4 nitrogen and oxygen atoms in total. The van der Waals surface area contributed by atoms with Crippen molar-refractivity contribution in [3.05, 3.63) is 34.4 Å². The molecule has 1 aromatic rings. The van der Waals surface area contributed by atoms with Crippen LogP contribution in [-0.2, 0) is 9.53 Å². The van der Waals surface area contributed by atoms with Crippen LogP contribution in [0, 0.1) is 17.6 Å². The fourth-order valence-corrected chi connectivity index (χ4v) is 1.69. The molecule has 0 bridgehead atoms. The van der Waals surface area contributed by atoms with Gasteiger partial charge in [0.15, 0.2) is 0 Å². The molecule has 0 spiro atoms. The monoisotopic (exact) mass is 305 g/mol. The molecule has 1 atom stereocenters. The van der Waals surface area contributed by atoms with Gasteiger partial charge in [-0.05, 0) is 18.1 Å². The quantitative estimate of drug-likeness (QED) is 0.687. The number of hydrogen-bond donors (Lipinski definition) is 1. The first-order valence-corrected chi connectivity index (χ1v) is 6.19. The minimum Gasteiger partial charge on any atom is -0.467 e. The third-order valence-corrected chi connectivity index (χ3v) is 2.95. The summed E-state index contributed by atoms with van der Waals surface area (Å²) in [6.07, 6.45) is 0. The summed E-state index contributed by atoms with van der Waals surface area (Å²) in [4.78, 5) is 23.4. The topological polar surface area (TPSA) is 55.4 Å². The van der Waals surface area contributed by atoms with Gasteiger partial charge in [-0.25, -0.2) is 13.6 Å². The lowest BCUT2D eigenvalue weighted by Gasteiger charge is -2.20. The van der Waals surface area contributed by atoms with Crippen LogP contribution in [0.25, 0.3) is 0 Å². The zero-order valence-electron chi connectivity index (χ0n) is 11.2. The average molecular weight is 306 g/mol. The van der Waals surface area contributed by atoms with Gasteiger partial charge >= 0.3 is 5.97 Å². The fraction of sp³-hybridized carbons (Fsp3) is 0.385. The highest BCUT2D eigenvalue weighted by atomic mass is 35.5. The van der Waals surface area contributed by atoms with Gasteiger partial charge in [-0.1, -0.05) is 25.4 Å². The molecule has 1 unspecified atom stereocenters. The summed E-state index contributed by atoms with van der Waals surface area (Å²) in [5.74, 6) is -3.74. The maximum absolute atomic E-state index is 13.6. The van der Waals surface area contributed by atoms with Crippen LogP contribution in [0.5, 0.6) is 0 Å². The van der Waals surface area contributed by atoms with Crippen molar-refractivity contribution in [2.75, 3.05) is 7.11 Å². The number of carbonyl (C=O) groups is 2. The van der Waals surface area contributed by atoms with Crippen molar-refractivity contribution in [1.82, 2.24) is 5.32 Å². The van der Waals surface area contributed by atoms with Crippen molar-refractivity contribution in [3.63, 3.8) is 0 Å². The van der Waals surface area contributed by atoms with Gasteiger partial charge in [0.2, 0.25) is 0 Å². The maximum Gasteiger partial charge on any atom is 0.328 e. The Kier molecular flexibility index (Phi) is 5.44. The second-order valence-electron chi connectivity index (χ2n) is 4.46. The van der Waals surface area contributed by atoms with E-state index in [1.54, 1.807) is 13.8 Å². The number of amides is 1. The molecule has 1 amide bonds. The first kappa shape index (κ1) is 16.4. The lowest BCUT2D eigenvalue weighted by molar-refractivity contribution is -0.144. The van der Waals surface area contributed by atoms with Gasteiger partial charge in [0, 0.05) is 0 Å². The third kappa shape index (κ3) is 3.66. The van der Waals surface area contributed by atoms with E-state index in [2.05, 4.69) is 10.1 Å². The van der Waals surface area contributed by atoms with E-state index in [4.69, 9.17) is 11.6 Å². The summed E-state index contributed by atoms with van der Waals surface area (Å²) in [6.45, 7) is 3.36. The number of rotatable bonds is 4. The van der Waals surface area contributed by atoms with Gasteiger partial charge in [-0.2, -0.15) is 0 Å². The Morgan fingerprint density at radius 1 is 1.25 bits per heavy atom. The molecule has 1 aromatic carbocycles. The van der Waals surface area contributed by atoms with Crippen molar-refractivity contribution in [2.45, 2.75) is 19.9 Å². The third-order valence-electron chi connectivity index (χ3n) is 2.66. The summed E-state index contributed by atoms with van der Waals surface area (Å²) >= 11 is 5.40. The van der Waals surface area contributed by atoms with E-state index >= 15 is 0 Å². The van der Waals surface area contributed by atoms with E-state index in [0.29, 0.717) is 12.1 Å². The number of carbonyl (C=O) groups excluding carboxylic acids is 2. The van der Waals surface area contributed by atoms with E-state index in [1.807, 2.05) is 0 Å². The molecule has 0 saturated carbocycles. The average Bonchev–Trinajstić information content (AvgIpc) is 2.38. The molecule has 110 valence electrons. The van der Waals surface area contributed by atoms with Crippen LogP contribution in [0.15, 0.2) is 12.1 Å². The Morgan fingerprint density at radius 3 is 2.35 bits per heavy atom. The van der Waals surface area contributed by atoms with E-state index in [1.165, 1.54) is 7.11 Å². The van der Waals surface area contributed by atoms with Gasteiger partial charge in [0.1, 0.15) is 17.7 Å². The predicted molar refractivity (Wildman–Crippen MR) is 69.5 cm³/mol. The molecule has 7 heteroatoms. The van der Waals surface area contributed by atoms with Gasteiger partial charge in [0.05, 0.1) is 17.7 Å². The van der Waals surface area contributed by atoms with Gasteiger partial charge < -0.3 is 10.1 Å². The normalized spacial score (nSPS) is 12.2. The van der Waals surface area contributed by atoms with Gasteiger partial charge in [0.25, 0.3) is 5.91 Å². The molecule has 0 radical (unpaired) electrons. The number of esters is 1. The van der Waals surface area contributed by atoms with Crippen LogP contribution in [0.1, 0.15) is 24.2 Å². The Labute approximate surface area is 120 Å². The molecule has 0 fully saturated rings. The Balaban J connectivity index is 3.01. The Bertz CT molecular complexity index is 535. The molecule has 0 aliphatic heterocycles. The summed E-state index contributed by atoms with van der Waals surface area (Å²) in [7, 11) is 1.17. The SMILES string of the molecule is COC(=O)C(NC(=O)c1cc(F)c(Cl)cc1F)C(C)C. The highest BCUT2D eigenvalue weighted by Crippen LogP contribution is 2.19. The molecule has 0 aromatic heterocycles. The van der Waals surface area contributed by atoms with Crippen LogP contribution < -0.4 is 5.32 Å². The van der Waals surface area contributed by atoms with Gasteiger partial charge in [-0.15, -0.1) is 0 Å². The van der Waals surface area contributed by atoms with E-state index in [-0.39, 0.29) is 5.92 Å². The molecule has 0 heterocycles. The first-order valence-electron chi connectivity index (χ1n) is 5.81. The van der Waals surface area contributed by atoms with Crippen molar-refractivity contribution in [1.29, 1.82) is 0 Å². The number of nitrogens with one attached hydrogen (secondary N) is 1. The van der Waals surface area contributed by atoms with Crippen molar-refractivity contribution < 1.29 is 23.1 Å². The molecule has 1 rings (SSSR count). The smallest absolute Gasteiger partial charge is 0.328 e. The fourth-order valence-electron chi connectivity index (χ4n) is 1.54. The van der Waals surface area contributed by atoms with Gasteiger partial charge in [-0.3, -0.25) is 4.79 Å².